The van der Waals surface area contributed by atoms with Gasteiger partial charge in [-0.25, -0.2) is 15.0 Å². The van der Waals surface area contributed by atoms with Gasteiger partial charge in [0.2, 0.25) is 0 Å². The molecule has 0 saturated carbocycles. The summed E-state index contributed by atoms with van der Waals surface area (Å²) in [7, 11) is 0. The fourth-order valence-corrected chi connectivity index (χ4v) is 3.74. The van der Waals surface area contributed by atoms with Crippen LogP contribution in [0.15, 0.2) is 29.4 Å². The molecule has 1 amide bonds. The van der Waals surface area contributed by atoms with Gasteiger partial charge in [-0.2, -0.15) is 5.10 Å². The molecular formula is C19H24N2O5. The molecule has 2 aliphatic rings. The lowest BCUT2D eigenvalue weighted by molar-refractivity contribution is 0.0696. The number of rotatable bonds is 7. The number of nitrogens with zero attached hydrogens (tertiary/aromatic N) is 1. The van der Waals surface area contributed by atoms with Crippen molar-refractivity contribution >= 4 is 18.3 Å². The van der Waals surface area contributed by atoms with E-state index in [1.165, 1.54) is 0 Å². The second-order valence-corrected chi connectivity index (χ2v) is 6.76. The Morgan fingerprint density at radius 2 is 2.04 bits per heavy atom. The molecule has 2 fully saturated rings. The highest BCUT2D eigenvalue weighted by Crippen LogP contribution is 2.44. The number of carbonyl (C=O) groups is 2. The average Bonchev–Trinajstić information content (AvgIpc) is 3.23. The molecule has 140 valence electrons. The Morgan fingerprint density at radius 3 is 2.73 bits per heavy atom. The number of hydrazone groups is 1. The maximum atomic E-state index is 11.5. The van der Waals surface area contributed by atoms with Gasteiger partial charge in [-0.05, 0) is 49.3 Å². The first-order chi connectivity index (χ1) is 12.6. The summed E-state index contributed by atoms with van der Waals surface area (Å²) in [6.07, 6.45) is 5.09. The van der Waals surface area contributed by atoms with Crippen LogP contribution < -0.4 is 5.43 Å². The Labute approximate surface area is 152 Å². The summed E-state index contributed by atoms with van der Waals surface area (Å²) in [4.78, 5) is 22.4. The fourth-order valence-electron chi connectivity index (χ4n) is 3.74. The van der Waals surface area contributed by atoms with E-state index < -0.39 is 12.1 Å². The van der Waals surface area contributed by atoms with Crippen molar-refractivity contribution in [3.05, 3.63) is 35.4 Å². The Balaban J connectivity index is 1.61. The van der Waals surface area contributed by atoms with E-state index in [9.17, 15) is 9.59 Å². The lowest BCUT2D eigenvalue weighted by Gasteiger charge is -2.25. The summed E-state index contributed by atoms with van der Waals surface area (Å²) in [5, 5.41) is 13.0. The Bertz CT molecular complexity index is 673. The zero-order valence-corrected chi connectivity index (χ0v) is 14.8. The fraction of sp³-hybridized carbons (Fsp3) is 0.526. The third-order valence-corrected chi connectivity index (χ3v) is 5.00. The van der Waals surface area contributed by atoms with Crippen LogP contribution in [0.5, 0.6) is 0 Å². The van der Waals surface area contributed by atoms with Gasteiger partial charge in [-0.15, -0.1) is 0 Å². The first-order valence-electron chi connectivity index (χ1n) is 9.02. The monoisotopic (exact) mass is 360 g/mol. The molecule has 0 radical (unpaired) electrons. The molecule has 0 spiro atoms. The smallest absolute Gasteiger partial charge is 0.427 e. The first-order valence-corrected chi connectivity index (χ1v) is 9.02. The summed E-state index contributed by atoms with van der Waals surface area (Å²) in [6.45, 7) is 2.30. The molecule has 0 aliphatic carbocycles. The molecule has 2 N–H and O–H groups in total. The van der Waals surface area contributed by atoms with E-state index in [2.05, 4.69) is 10.5 Å². The quantitative estimate of drug-likeness (QED) is 0.576. The molecule has 7 heteroatoms. The van der Waals surface area contributed by atoms with Crippen molar-refractivity contribution in [1.82, 2.24) is 5.43 Å². The van der Waals surface area contributed by atoms with Crippen LogP contribution in [0, 0.1) is 11.8 Å². The van der Waals surface area contributed by atoms with Crippen LogP contribution in [0.25, 0.3) is 0 Å². The van der Waals surface area contributed by atoms with Crippen molar-refractivity contribution < 1.29 is 24.2 Å². The van der Waals surface area contributed by atoms with E-state index in [0.29, 0.717) is 6.61 Å². The second-order valence-electron chi connectivity index (χ2n) is 6.76. The molecule has 7 nitrogen and oxygen atoms in total. The van der Waals surface area contributed by atoms with Gasteiger partial charge in [0.05, 0.1) is 24.4 Å². The largest absolute Gasteiger partial charge is 0.478 e. The van der Waals surface area contributed by atoms with Gasteiger partial charge >= 0.3 is 12.1 Å². The van der Waals surface area contributed by atoms with Crippen LogP contribution in [0.1, 0.15) is 42.1 Å². The zero-order valence-electron chi connectivity index (χ0n) is 14.8. The van der Waals surface area contributed by atoms with Crippen molar-refractivity contribution in [3.8, 4) is 0 Å². The molecule has 2 bridgehead atoms. The van der Waals surface area contributed by atoms with Gasteiger partial charge in [-0.3, -0.25) is 0 Å². The third kappa shape index (κ3) is 4.22. The highest BCUT2D eigenvalue weighted by molar-refractivity contribution is 5.87. The van der Waals surface area contributed by atoms with Crippen LogP contribution in [0.3, 0.4) is 0 Å². The summed E-state index contributed by atoms with van der Waals surface area (Å²) >= 11 is 0. The topological polar surface area (TPSA) is 97.2 Å². The van der Waals surface area contributed by atoms with E-state index in [4.69, 9.17) is 14.6 Å². The van der Waals surface area contributed by atoms with Crippen LogP contribution in [0.4, 0.5) is 4.79 Å². The highest BCUT2D eigenvalue weighted by Gasteiger charge is 2.47. The highest BCUT2D eigenvalue weighted by atomic mass is 16.6. The molecule has 0 aromatic heterocycles. The number of carboxylic acids is 1. The minimum absolute atomic E-state index is 0.124. The van der Waals surface area contributed by atoms with E-state index in [1.807, 2.05) is 19.1 Å². The van der Waals surface area contributed by atoms with Crippen LogP contribution >= 0.6 is 0 Å². The lowest BCUT2D eigenvalue weighted by atomic mass is 9.77. The minimum atomic E-state index is -0.925. The van der Waals surface area contributed by atoms with E-state index in [1.54, 1.807) is 18.3 Å². The number of nitrogens with one attached hydrogen (secondary N) is 1. The van der Waals surface area contributed by atoms with Crippen molar-refractivity contribution in [2.45, 2.75) is 44.8 Å². The van der Waals surface area contributed by atoms with Crippen LogP contribution in [-0.2, 0) is 15.9 Å². The molecule has 2 heterocycles. The lowest BCUT2D eigenvalue weighted by Crippen LogP contribution is -2.31. The first kappa shape index (κ1) is 18.4. The van der Waals surface area contributed by atoms with Crippen molar-refractivity contribution in [2.24, 2.45) is 16.9 Å². The van der Waals surface area contributed by atoms with Crippen molar-refractivity contribution in [3.63, 3.8) is 0 Å². The molecular weight excluding hydrogens is 336 g/mol. The van der Waals surface area contributed by atoms with E-state index >= 15 is 0 Å². The van der Waals surface area contributed by atoms with Gasteiger partial charge in [-0.1, -0.05) is 19.1 Å². The predicted molar refractivity (Wildman–Crippen MR) is 95.2 cm³/mol. The maximum absolute atomic E-state index is 11.5. The summed E-state index contributed by atoms with van der Waals surface area (Å²) in [5.74, 6) is -0.535. The summed E-state index contributed by atoms with van der Waals surface area (Å²) in [5.41, 5.74) is 3.75. The number of aromatic carboxylic acids is 1. The normalized spacial score (nSPS) is 27.0. The second kappa shape index (κ2) is 8.31. The number of ether oxygens (including phenoxy) is 2. The third-order valence-electron chi connectivity index (χ3n) is 5.00. The number of hydrogen-bond acceptors (Lipinski definition) is 5. The Hall–Kier alpha value is -2.41. The van der Waals surface area contributed by atoms with Crippen molar-refractivity contribution in [2.75, 3.05) is 6.61 Å². The number of fused-ring (bicyclic) bond motifs is 2. The molecule has 4 atom stereocenters. The average molecular weight is 360 g/mol. The minimum Gasteiger partial charge on any atom is -0.478 e. The number of benzene rings is 1. The molecule has 2 aliphatic heterocycles. The molecule has 2 saturated heterocycles. The van der Waals surface area contributed by atoms with Gasteiger partial charge in [0, 0.05) is 12.1 Å². The molecule has 1 aromatic rings. The number of carbonyl (C=O) groups excluding carboxylic acids is 1. The molecule has 3 rings (SSSR count). The number of hydrogen-bond donors (Lipinski definition) is 2. The number of carboxylic acid groups (broad SMARTS) is 1. The Morgan fingerprint density at radius 1 is 1.31 bits per heavy atom. The number of amides is 1. The maximum Gasteiger partial charge on any atom is 0.427 e. The van der Waals surface area contributed by atoms with Crippen LogP contribution in [-0.4, -0.2) is 42.2 Å². The summed E-state index contributed by atoms with van der Waals surface area (Å²) < 4.78 is 11.0. The van der Waals surface area contributed by atoms with Gasteiger partial charge in [0.1, 0.15) is 0 Å². The van der Waals surface area contributed by atoms with E-state index in [0.717, 1.165) is 31.2 Å². The Kier molecular flexibility index (Phi) is 5.88. The molecule has 1 aromatic carbocycles. The van der Waals surface area contributed by atoms with Crippen LogP contribution in [0.2, 0.25) is 0 Å². The SMILES string of the molecule is CCCOC(=O)NN=C[C@H]1[C@@H](Cc2ccc(C(=O)O)cc2)[C@H]2CC[C@@H]1O2. The van der Waals surface area contributed by atoms with E-state index in [-0.39, 0.29) is 29.6 Å². The van der Waals surface area contributed by atoms with Gasteiger partial charge < -0.3 is 14.6 Å². The standard InChI is InChI=1S/C19H24N2O5/c1-2-9-25-19(24)21-20-11-15-14(16-7-8-17(15)26-16)10-12-3-5-13(6-4-12)18(22)23/h3-6,11,14-17H,2,7-10H2,1H3,(H,21,24)(H,22,23)/t14-,15+,16-,17+/m1/s1. The molecule has 26 heavy (non-hydrogen) atoms. The van der Waals surface area contributed by atoms with Gasteiger partial charge in [0.25, 0.3) is 0 Å². The molecule has 0 unspecified atom stereocenters. The zero-order chi connectivity index (χ0) is 18.5. The predicted octanol–water partition coefficient (Wildman–Crippen LogP) is 2.84. The van der Waals surface area contributed by atoms with Gasteiger partial charge in [0.15, 0.2) is 0 Å². The summed E-state index contributed by atoms with van der Waals surface area (Å²) in [6, 6.07) is 6.95. The van der Waals surface area contributed by atoms with Crippen molar-refractivity contribution in [1.29, 1.82) is 0 Å².